The molecular formula is C25H26ClN3O2. The monoisotopic (exact) mass is 435 g/mol. The zero-order valence-electron chi connectivity index (χ0n) is 17.7. The smallest absolute Gasteiger partial charge is 0.198 e. The molecular weight excluding hydrogens is 410 g/mol. The van der Waals surface area contributed by atoms with Crippen LogP contribution in [-0.4, -0.2) is 20.2 Å². The van der Waals surface area contributed by atoms with Gasteiger partial charge in [0.25, 0.3) is 0 Å². The fourth-order valence-electron chi connectivity index (χ4n) is 4.66. The van der Waals surface area contributed by atoms with Crippen molar-refractivity contribution in [1.29, 1.82) is 0 Å². The summed E-state index contributed by atoms with van der Waals surface area (Å²) >= 11 is 6.09. The molecule has 1 saturated carbocycles. The molecule has 3 heterocycles. The number of fused-ring (bicyclic) bond motifs is 2. The van der Waals surface area contributed by atoms with Crippen molar-refractivity contribution in [3.05, 3.63) is 64.4 Å². The Morgan fingerprint density at radius 1 is 1.16 bits per heavy atom. The molecule has 0 radical (unpaired) electrons. The van der Waals surface area contributed by atoms with Crippen LogP contribution in [0.2, 0.25) is 5.02 Å². The van der Waals surface area contributed by atoms with Crippen LogP contribution >= 0.6 is 11.6 Å². The maximum atomic E-state index is 13.1. The van der Waals surface area contributed by atoms with Gasteiger partial charge in [0.2, 0.25) is 0 Å². The van der Waals surface area contributed by atoms with Crippen molar-refractivity contribution in [1.82, 2.24) is 14.4 Å². The molecule has 0 saturated heterocycles. The molecule has 1 aliphatic carbocycles. The maximum Gasteiger partial charge on any atom is 0.198 e. The molecule has 1 fully saturated rings. The lowest BCUT2D eigenvalue weighted by atomic mass is 9.89. The van der Waals surface area contributed by atoms with Gasteiger partial charge in [-0.25, -0.2) is 9.97 Å². The van der Waals surface area contributed by atoms with E-state index in [1.807, 2.05) is 29.7 Å². The van der Waals surface area contributed by atoms with E-state index in [-0.39, 0.29) is 5.78 Å². The number of nitrogens with zero attached hydrogens (tertiary/aromatic N) is 3. The standard InChI is InChI=1S/C25H26ClN3O2/c1-2-19-24(29-13-12-18(26)15-23(29)27-19)21(30)10-8-16-9-11-22-20(14-16)28-25(31-22)17-6-4-3-5-7-17/h9,11-15,17H,2-8,10H2,1H3. The highest BCUT2D eigenvalue weighted by Crippen LogP contribution is 2.34. The van der Waals surface area contributed by atoms with E-state index in [0.29, 0.717) is 41.5 Å². The lowest BCUT2D eigenvalue weighted by Crippen LogP contribution is -2.08. The molecule has 160 valence electrons. The minimum Gasteiger partial charge on any atom is -0.440 e. The first-order valence-corrected chi connectivity index (χ1v) is 11.6. The third kappa shape index (κ3) is 3.99. The van der Waals surface area contributed by atoms with Gasteiger partial charge in [0, 0.05) is 29.6 Å². The lowest BCUT2D eigenvalue weighted by Gasteiger charge is -2.17. The van der Waals surface area contributed by atoms with Crippen LogP contribution in [0.25, 0.3) is 16.7 Å². The first kappa shape index (κ1) is 20.3. The minimum atomic E-state index is 0.0924. The summed E-state index contributed by atoms with van der Waals surface area (Å²) in [5.74, 6) is 1.41. The van der Waals surface area contributed by atoms with E-state index >= 15 is 0 Å². The number of pyridine rings is 1. The van der Waals surface area contributed by atoms with Crippen molar-refractivity contribution in [2.45, 2.75) is 64.2 Å². The molecule has 3 aromatic heterocycles. The zero-order valence-corrected chi connectivity index (χ0v) is 18.5. The predicted octanol–water partition coefficient (Wildman–Crippen LogP) is 6.55. The number of aryl methyl sites for hydroxylation is 2. The molecule has 31 heavy (non-hydrogen) atoms. The lowest BCUT2D eigenvalue weighted by molar-refractivity contribution is 0.0976. The Morgan fingerprint density at radius 2 is 2.00 bits per heavy atom. The van der Waals surface area contributed by atoms with Crippen molar-refractivity contribution in [3.8, 4) is 0 Å². The summed E-state index contributed by atoms with van der Waals surface area (Å²) in [6.45, 7) is 2.02. The average molecular weight is 436 g/mol. The molecule has 0 unspecified atom stereocenters. The highest BCUT2D eigenvalue weighted by atomic mass is 35.5. The van der Waals surface area contributed by atoms with Crippen molar-refractivity contribution in [2.75, 3.05) is 0 Å². The van der Waals surface area contributed by atoms with Gasteiger partial charge in [-0.1, -0.05) is 43.9 Å². The van der Waals surface area contributed by atoms with E-state index < -0.39 is 0 Å². The Balaban J connectivity index is 1.35. The molecule has 0 spiro atoms. The second-order valence-corrected chi connectivity index (χ2v) is 8.88. The number of rotatable bonds is 6. The average Bonchev–Trinajstić information content (AvgIpc) is 3.38. The molecule has 0 bridgehead atoms. The number of carbonyl (C=O) groups excluding carboxylic acids is 1. The summed E-state index contributed by atoms with van der Waals surface area (Å²) in [6.07, 6.45) is 9.76. The number of benzene rings is 1. The summed E-state index contributed by atoms with van der Waals surface area (Å²) in [4.78, 5) is 22.5. The topological polar surface area (TPSA) is 60.4 Å². The van der Waals surface area contributed by atoms with Crippen LogP contribution in [-0.2, 0) is 12.8 Å². The number of carbonyl (C=O) groups is 1. The van der Waals surface area contributed by atoms with Crippen LogP contribution in [0, 0.1) is 0 Å². The highest BCUT2D eigenvalue weighted by molar-refractivity contribution is 6.30. The van der Waals surface area contributed by atoms with Crippen molar-refractivity contribution >= 4 is 34.1 Å². The largest absolute Gasteiger partial charge is 0.440 e. The van der Waals surface area contributed by atoms with Gasteiger partial charge in [-0.05, 0) is 49.4 Å². The van der Waals surface area contributed by atoms with E-state index in [0.717, 1.165) is 28.2 Å². The predicted molar refractivity (Wildman–Crippen MR) is 122 cm³/mol. The molecule has 0 aliphatic heterocycles. The summed E-state index contributed by atoms with van der Waals surface area (Å²) in [6, 6.07) is 9.67. The number of imidazole rings is 1. The SMILES string of the molecule is CCc1nc2cc(Cl)ccn2c1C(=O)CCc1ccc2oc(C3CCCCC3)nc2c1. The number of aromatic nitrogens is 3. The van der Waals surface area contributed by atoms with E-state index in [1.54, 1.807) is 12.1 Å². The third-order valence-corrected chi connectivity index (χ3v) is 6.56. The molecule has 1 aromatic carbocycles. The third-order valence-electron chi connectivity index (χ3n) is 6.32. The quantitative estimate of drug-likeness (QED) is 0.322. The Kier molecular flexibility index (Phi) is 5.53. The molecule has 1 aliphatic rings. The molecule has 0 atom stereocenters. The number of oxazole rings is 1. The van der Waals surface area contributed by atoms with Gasteiger partial charge in [0.15, 0.2) is 17.3 Å². The number of hydrogen-bond donors (Lipinski definition) is 0. The first-order chi connectivity index (χ1) is 15.1. The summed E-state index contributed by atoms with van der Waals surface area (Å²) in [5.41, 5.74) is 5.02. The Labute approximate surface area is 186 Å². The Hall–Kier alpha value is -2.66. The summed E-state index contributed by atoms with van der Waals surface area (Å²) in [7, 11) is 0. The van der Waals surface area contributed by atoms with Crippen LogP contribution in [0.3, 0.4) is 0 Å². The van der Waals surface area contributed by atoms with Crippen LogP contribution < -0.4 is 0 Å². The van der Waals surface area contributed by atoms with Crippen LogP contribution in [0.1, 0.15) is 79.0 Å². The zero-order chi connectivity index (χ0) is 21.4. The van der Waals surface area contributed by atoms with Gasteiger partial charge in [-0.15, -0.1) is 0 Å². The fraction of sp³-hybridized carbons (Fsp3) is 0.400. The van der Waals surface area contributed by atoms with Gasteiger partial charge in [-0.2, -0.15) is 0 Å². The number of hydrogen-bond acceptors (Lipinski definition) is 4. The fourth-order valence-corrected chi connectivity index (χ4v) is 4.81. The van der Waals surface area contributed by atoms with Crippen LogP contribution in [0.15, 0.2) is 40.9 Å². The molecule has 5 rings (SSSR count). The highest BCUT2D eigenvalue weighted by Gasteiger charge is 2.21. The minimum absolute atomic E-state index is 0.0924. The number of halogens is 1. The van der Waals surface area contributed by atoms with Gasteiger partial charge in [0.05, 0.1) is 5.69 Å². The molecule has 0 N–H and O–H groups in total. The van der Waals surface area contributed by atoms with Crippen molar-refractivity contribution < 1.29 is 9.21 Å². The van der Waals surface area contributed by atoms with Crippen LogP contribution in [0.5, 0.6) is 0 Å². The van der Waals surface area contributed by atoms with Gasteiger partial charge in [0.1, 0.15) is 16.9 Å². The van der Waals surface area contributed by atoms with Gasteiger partial charge >= 0.3 is 0 Å². The van der Waals surface area contributed by atoms with E-state index in [4.69, 9.17) is 21.0 Å². The van der Waals surface area contributed by atoms with E-state index in [1.165, 1.54) is 32.1 Å². The van der Waals surface area contributed by atoms with Crippen LogP contribution in [0.4, 0.5) is 0 Å². The number of ketones is 1. The summed E-state index contributed by atoms with van der Waals surface area (Å²) < 4.78 is 7.89. The first-order valence-electron chi connectivity index (χ1n) is 11.2. The van der Waals surface area contributed by atoms with Crippen molar-refractivity contribution in [2.24, 2.45) is 0 Å². The van der Waals surface area contributed by atoms with E-state index in [9.17, 15) is 4.79 Å². The molecule has 0 amide bonds. The number of Topliss-reactive ketones (excluding diaryl/α,β-unsaturated/α-hetero) is 1. The second kappa shape index (κ2) is 8.46. The van der Waals surface area contributed by atoms with Gasteiger partial charge < -0.3 is 4.42 Å². The Bertz CT molecular complexity index is 1250. The molecule has 4 aromatic rings. The van der Waals surface area contributed by atoms with Gasteiger partial charge in [-0.3, -0.25) is 9.20 Å². The second-order valence-electron chi connectivity index (χ2n) is 8.45. The molecule has 5 nitrogen and oxygen atoms in total. The van der Waals surface area contributed by atoms with Crippen molar-refractivity contribution in [3.63, 3.8) is 0 Å². The maximum absolute atomic E-state index is 13.1. The molecule has 6 heteroatoms. The normalized spacial score (nSPS) is 15.2. The Morgan fingerprint density at radius 3 is 2.81 bits per heavy atom. The van der Waals surface area contributed by atoms with E-state index in [2.05, 4.69) is 11.1 Å². The summed E-state index contributed by atoms with van der Waals surface area (Å²) in [5, 5.41) is 0.618.